The minimum atomic E-state index is 0. The molecule has 0 aliphatic heterocycles. The predicted molar refractivity (Wildman–Crippen MR) is 100 cm³/mol. The maximum atomic E-state index is 3.76. The van der Waals surface area contributed by atoms with Crippen LogP contribution in [0.25, 0.3) is 0 Å². The number of nitrogens with zero attached hydrogens (tertiary/aromatic N) is 4. The molecular weight excluding hydrogens is 653 g/mol. The Morgan fingerprint density at radius 1 is 0.500 bits per heavy atom. The Kier molecular flexibility index (Phi) is 43.9. The average Bonchev–Trinajstić information content (AvgIpc) is 3.40. The van der Waals surface area contributed by atoms with Gasteiger partial charge in [0.25, 0.3) is 0 Å². The molecule has 0 bridgehead atoms. The summed E-state index contributed by atoms with van der Waals surface area (Å²) in [5.74, 6) is 7.84. The summed E-state index contributed by atoms with van der Waals surface area (Å²) >= 11 is 0. The van der Waals surface area contributed by atoms with Gasteiger partial charge in [0.05, 0.1) is 0 Å². The molecule has 0 saturated heterocycles. The molecule has 4 unspecified atom stereocenters. The third-order valence-corrected chi connectivity index (χ3v) is 7.67. The summed E-state index contributed by atoms with van der Waals surface area (Å²) in [5.41, 5.74) is 0. The van der Waals surface area contributed by atoms with Crippen molar-refractivity contribution >= 4 is 63.6 Å². The maximum Gasteiger partial charge on any atom is 2.00 e. The monoisotopic (exact) mass is 658 g/mol. The second-order valence-corrected chi connectivity index (χ2v) is 11.7. The van der Waals surface area contributed by atoms with Gasteiger partial charge in [-0.05, 0) is 0 Å². The molecular formula is C8H8Cl2N4P8Zr2-2. The van der Waals surface area contributed by atoms with E-state index in [1.165, 1.54) is 32.1 Å². The molecule has 0 N–H and O–H groups in total. The molecule has 4 rings (SSSR count). The Bertz CT molecular complexity index is 381. The fraction of sp³-hybridized carbons (Fsp3) is 0. The number of halogens is 2. The average molecular weight is 661 g/mol. The van der Waals surface area contributed by atoms with E-state index in [1.54, 1.807) is 0 Å². The molecule has 0 radical (unpaired) electrons. The van der Waals surface area contributed by atoms with E-state index in [0.29, 0.717) is 0 Å². The Labute approximate surface area is 205 Å². The first-order valence-electron chi connectivity index (χ1n) is 4.90. The van der Waals surface area contributed by atoms with Gasteiger partial charge in [0.1, 0.15) is 0 Å². The van der Waals surface area contributed by atoms with Crippen molar-refractivity contribution in [2.24, 2.45) is 0 Å². The summed E-state index contributed by atoms with van der Waals surface area (Å²) in [6.07, 6.45) is 10.9. The zero-order valence-electron chi connectivity index (χ0n) is 11.6. The van der Waals surface area contributed by atoms with Gasteiger partial charge in [-0.2, -0.15) is 0 Å². The molecule has 0 saturated carbocycles. The van der Waals surface area contributed by atoms with Crippen LogP contribution in [-0.2, 0) is 52.4 Å². The van der Waals surface area contributed by atoms with Crippen LogP contribution in [0.2, 0.25) is 0 Å². The summed E-state index contributed by atoms with van der Waals surface area (Å²) in [4.78, 5) is 0. The van der Waals surface area contributed by atoms with Gasteiger partial charge in [0.2, 0.25) is 0 Å². The second kappa shape index (κ2) is 30.6. The van der Waals surface area contributed by atoms with E-state index < -0.39 is 0 Å². The molecule has 4 atom stereocenters. The van der Waals surface area contributed by atoms with E-state index in [4.69, 9.17) is 0 Å². The number of aromatic nitrogens is 4. The SMILES string of the molecule is [Cl-].[Cl-].[Zr+2].[Zr+2].[c-]1c[pH]pn1.[c-]1c[pH]pn1.[c-]1c[pH]pn1.[c-]1c[pH]pn1. The fourth-order valence-corrected chi connectivity index (χ4v) is 5.20. The summed E-state index contributed by atoms with van der Waals surface area (Å²) in [5, 5.41) is 0. The van der Waals surface area contributed by atoms with Crippen LogP contribution in [0.3, 0.4) is 0 Å². The van der Waals surface area contributed by atoms with Crippen LogP contribution in [0.15, 0.2) is 23.2 Å². The van der Waals surface area contributed by atoms with Crippen LogP contribution < -0.4 is 24.8 Å². The first-order chi connectivity index (χ1) is 10.0. The summed E-state index contributed by atoms with van der Waals surface area (Å²) in [7, 11) is 8.22. The van der Waals surface area contributed by atoms with Crippen LogP contribution >= 0.6 is 63.6 Å². The molecule has 24 heavy (non-hydrogen) atoms. The molecule has 124 valence electrons. The zero-order chi connectivity index (χ0) is 14.1. The summed E-state index contributed by atoms with van der Waals surface area (Å²) in [6, 6.07) is 0. The van der Waals surface area contributed by atoms with Gasteiger partial charge in [-0.1, -0.05) is 0 Å². The first-order valence-corrected chi connectivity index (χ1v) is 16.0. The number of rotatable bonds is 0. The number of hydrogen-bond acceptors (Lipinski definition) is 4. The zero-order valence-corrected chi connectivity index (χ0v) is 25.6. The maximum absolute atomic E-state index is 3.76. The fourth-order valence-electron chi connectivity index (χ4n) is 0.577. The van der Waals surface area contributed by atoms with Gasteiger partial charge in [0.15, 0.2) is 0 Å². The van der Waals surface area contributed by atoms with Crippen LogP contribution in [0.4, 0.5) is 0 Å². The van der Waals surface area contributed by atoms with Gasteiger partial charge in [-0.15, -0.1) is 31.5 Å². The molecule has 4 aromatic heterocycles. The summed E-state index contributed by atoms with van der Waals surface area (Å²) < 4.78 is 15.0. The minimum Gasteiger partial charge on any atom is -1.00 e. The predicted octanol–water partition coefficient (Wildman–Crippen LogP) is -0.0242. The standard InChI is InChI=1S/4C2H2NP2.2ClH.2Zr/c4*1-2-4-5-3-1;;;;/h4*2,4H;2*1H;;/q4*-1;;;2*+2/p-2. The normalized spacial score (nSPS) is 9.33. The van der Waals surface area contributed by atoms with E-state index in [1.807, 2.05) is 23.2 Å². The Morgan fingerprint density at radius 2 is 0.708 bits per heavy atom. The molecule has 4 nitrogen and oxygen atoms in total. The molecule has 16 heteroatoms. The molecule has 0 amide bonds. The van der Waals surface area contributed by atoms with E-state index in [0.717, 1.165) is 31.5 Å². The molecule has 0 aliphatic carbocycles. The van der Waals surface area contributed by atoms with Crippen LogP contribution in [-0.4, -0.2) is 19.0 Å². The van der Waals surface area contributed by atoms with E-state index in [-0.39, 0.29) is 77.2 Å². The van der Waals surface area contributed by atoms with Crippen molar-refractivity contribution in [2.75, 3.05) is 0 Å². The van der Waals surface area contributed by atoms with Crippen molar-refractivity contribution in [3.63, 3.8) is 0 Å². The van der Waals surface area contributed by atoms with Crippen molar-refractivity contribution in [1.82, 2.24) is 19.0 Å². The van der Waals surface area contributed by atoms with Crippen molar-refractivity contribution in [2.45, 2.75) is 0 Å². The van der Waals surface area contributed by atoms with Crippen LogP contribution in [0.5, 0.6) is 0 Å². The van der Waals surface area contributed by atoms with Gasteiger partial charge in [-0.3, -0.25) is 0 Å². The van der Waals surface area contributed by atoms with Gasteiger partial charge in [0, 0.05) is 32.1 Å². The van der Waals surface area contributed by atoms with Gasteiger partial charge < -0.3 is 68.6 Å². The van der Waals surface area contributed by atoms with Gasteiger partial charge in [-0.25, -0.2) is 23.2 Å². The minimum absolute atomic E-state index is 0. The van der Waals surface area contributed by atoms with E-state index in [2.05, 4.69) is 43.8 Å². The van der Waals surface area contributed by atoms with Crippen molar-refractivity contribution < 1.29 is 77.2 Å². The largest absolute Gasteiger partial charge is 2.00 e. The molecule has 0 fully saturated rings. The third kappa shape index (κ3) is 27.1. The van der Waals surface area contributed by atoms with Crippen molar-refractivity contribution in [3.8, 4) is 0 Å². The molecule has 0 aliphatic rings. The van der Waals surface area contributed by atoms with Crippen molar-refractivity contribution in [3.05, 3.63) is 48.0 Å². The second-order valence-electron chi connectivity index (χ2n) is 2.41. The number of hydrogen-bond donors (Lipinski definition) is 0. The van der Waals surface area contributed by atoms with E-state index in [9.17, 15) is 0 Å². The molecule has 4 heterocycles. The quantitative estimate of drug-likeness (QED) is 0.249. The Hall–Kier alpha value is 2.91. The molecule has 0 aromatic carbocycles. The topological polar surface area (TPSA) is 51.6 Å². The first kappa shape index (κ1) is 34.4. The van der Waals surface area contributed by atoms with Crippen LogP contribution in [0, 0.1) is 24.8 Å². The summed E-state index contributed by atoms with van der Waals surface area (Å²) in [6.45, 7) is 0. The van der Waals surface area contributed by atoms with Gasteiger partial charge >= 0.3 is 52.4 Å². The Morgan fingerprint density at radius 3 is 0.750 bits per heavy atom. The van der Waals surface area contributed by atoms with Crippen LogP contribution in [0.1, 0.15) is 0 Å². The third-order valence-electron chi connectivity index (χ3n) is 1.18. The Balaban J connectivity index is -0.000000105. The van der Waals surface area contributed by atoms with Crippen molar-refractivity contribution in [1.29, 1.82) is 0 Å². The molecule has 0 spiro atoms. The van der Waals surface area contributed by atoms with E-state index >= 15 is 0 Å². The smallest absolute Gasteiger partial charge is 1.00 e. The molecule has 4 aromatic rings.